The summed E-state index contributed by atoms with van der Waals surface area (Å²) in [5.41, 5.74) is 0.433. The molecule has 166 valence electrons. The normalized spacial score (nSPS) is 15.0. The number of halogens is 1. The van der Waals surface area contributed by atoms with Crippen LogP contribution >= 0.6 is 0 Å². The maximum Gasteiger partial charge on any atom is 0.289 e. The van der Waals surface area contributed by atoms with Gasteiger partial charge in [-0.3, -0.25) is 14.9 Å². The highest BCUT2D eigenvalue weighted by atomic mass is 32.2. The maximum atomic E-state index is 13.1. The molecule has 0 saturated carbocycles. The van der Waals surface area contributed by atoms with Gasteiger partial charge in [-0.25, -0.2) is 12.8 Å². The molecule has 2 heterocycles. The van der Waals surface area contributed by atoms with E-state index in [1.807, 2.05) is 0 Å². The fourth-order valence-corrected chi connectivity index (χ4v) is 4.82. The van der Waals surface area contributed by atoms with E-state index >= 15 is 0 Å². The van der Waals surface area contributed by atoms with E-state index in [2.05, 4.69) is 0 Å². The second-order valence-electron chi connectivity index (χ2n) is 7.12. The quantitative estimate of drug-likeness (QED) is 0.428. The molecule has 0 bridgehead atoms. The van der Waals surface area contributed by atoms with E-state index in [1.165, 1.54) is 39.5 Å². The van der Waals surface area contributed by atoms with Crippen molar-refractivity contribution < 1.29 is 26.9 Å². The van der Waals surface area contributed by atoms with E-state index in [0.29, 0.717) is 11.3 Å². The molecule has 0 spiro atoms. The molecular weight excluding hydrogens is 441 g/mol. The van der Waals surface area contributed by atoms with Crippen molar-refractivity contribution in [3.8, 4) is 11.3 Å². The van der Waals surface area contributed by atoms with Crippen molar-refractivity contribution in [2.45, 2.75) is 4.90 Å². The Labute approximate surface area is 182 Å². The highest BCUT2D eigenvalue weighted by Gasteiger charge is 2.31. The molecule has 1 fully saturated rings. The molecule has 1 amide bonds. The van der Waals surface area contributed by atoms with Gasteiger partial charge in [0.05, 0.1) is 9.82 Å². The van der Waals surface area contributed by atoms with Crippen LogP contribution in [0.4, 0.5) is 10.1 Å². The lowest BCUT2D eigenvalue weighted by atomic mass is 10.2. The number of non-ortho nitro benzene ring substituents is 1. The fraction of sp³-hybridized carbons (Fsp3) is 0.190. The van der Waals surface area contributed by atoms with Gasteiger partial charge in [-0.2, -0.15) is 4.31 Å². The molecule has 0 aliphatic carbocycles. The van der Waals surface area contributed by atoms with Crippen molar-refractivity contribution in [3.63, 3.8) is 0 Å². The molecular formula is C21H18FN3O6S. The van der Waals surface area contributed by atoms with Crippen molar-refractivity contribution in [1.29, 1.82) is 0 Å². The molecule has 0 atom stereocenters. The number of rotatable bonds is 5. The number of hydrogen-bond donors (Lipinski definition) is 0. The molecule has 9 nitrogen and oxygen atoms in total. The Morgan fingerprint density at radius 1 is 0.938 bits per heavy atom. The number of hydrogen-bond acceptors (Lipinski definition) is 6. The Balaban J connectivity index is 1.41. The van der Waals surface area contributed by atoms with Crippen LogP contribution < -0.4 is 0 Å². The number of nitrogens with zero attached hydrogens (tertiary/aromatic N) is 3. The third-order valence-electron chi connectivity index (χ3n) is 5.16. The summed E-state index contributed by atoms with van der Waals surface area (Å²) in [4.78, 5) is 24.4. The number of furan rings is 1. The Hall–Kier alpha value is -3.57. The Morgan fingerprint density at radius 3 is 2.16 bits per heavy atom. The summed E-state index contributed by atoms with van der Waals surface area (Å²) < 4.78 is 45.6. The number of carbonyl (C=O) groups is 1. The van der Waals surface area contributed by atoms with Gasteiger partial charge in [0.2, 0.25) is 10.0 Å². The van der Waals surface area contributed by atoms with Gasteiger partial charge in [-0.15, -0.1) is 0 Å². The Kier molecular flexibility index (Phi) is 5.76. The van der Waals surface area contributed by atoms with Crippen LogP contribution in [0.1, 0.15) is 10.6 Å². The number of nitro groups is 1. The summed E-state index contributed by atoms with van der Waals surface area (Å²) in [5, 5.41) is 10.8. The van der Waals surface area contributed by atoms with Crippen LogP contribution in [0.5, 0.6) is 0 Å². The first-order valence-corrected chi connectivity index (χ1v) is 11.1. The highest BCUT2D eigenvalue weighted by molar-refractivity contribution is 7.89. The van der Waals surface area contributed by atoms with E-state index in [-0.39, 0.29) is 54.2 Å². The molecule has 1 aliphatic rings. The van der Waals surface area contributed by atoms with Crippen molar-refractivity contribution in [2.24, 2.45) is 0 Å². The zero-order valence-electron chi connectivity index (χ0n) is 16.7. The lowest BCUT2D eigenvalue weighted by Gasteiger charge is -2.33. The molecule has 0 radical (unpaired) electrons. The molecule has 1 aliphatic heterocycles. The van der Waals surface area contributed by atoms with Crippen LogP contribution in [0.2, 0.25) is 0 Å². The molecule has 2 aromatic carbocycles. The number of piperazine rings is 1. The molecule has 1 saturated heterocycles. The second kappa shape index (κ2) is 8.52. The smallest absolute Gasteiger partial charge is 0.289 e. The molecule has 32 heavy (non-hydrogen) atoms. The predicted octanol–water partition coefficient (Wildman–Crippen LogP) is 3.14. The van der Waals surface area contributed by atoms with Gasteiger partial charge in [-0.1, -0.05) is 0 Å². The van der Waals surface area contributed by atoms with E-state index < -0.39 is 14.9 Å². The Bertz CT molecular complexity index is 1250. The van der Waals surface area contributed by atoms with E-state index in [9.17, 15) is 27.7 Å². The van der Waals surface area contributed by atoms with Gasteiger partial charge in [0.1, 0.15) is 11.6 Å². The molecule has 11 heteroatoms. The van der Waals surface area contributed by atoms with Gasteiger partial charge in [0.25, 0.3) is 11.6 Å². The zero-order chi connectivity index (χ0) is 22.9. The summed E-state index contributed by atoms with van der Waals surface area (Å²) in [6.45, 7) is 0.489. The van der Waals surface area contributed by atoms with Gasteiger partial charge < -0.3 is 9.32 Å². The predicted molar refractivity (Wildman–Crippen MR) is 112 cm³/mol. The topological polar surface area (TPSA) is 114 Å². The van der Waals surface area contributed by atoms with Gasteiger partial charge in [-0.05, 0) is 48.5 Å². The van der Waals surface area contributed by atoms with Crippen LogP contribution in [0, 0.1) is 15.9 Å². The van der Waals surface area contributed by atoms with Crippen LogP contribution in [0.25, 0.3) is 11.3 Å². The highest BCUT2D eigenvalue weighted by Crippen LogP contribution is 2.25. The number of amides is 1. The Morgan fingerprint density at radius 2 is 1.56 bits per heavy atom. The minimum atomic E-state index is -3.84. The summed E-state index contributed by atoms with van der Waals surface area (Å²) >= 11 is 0. The number of nitro benzene ring substituents is 1. The van der Waals surface area contributed by atoms with Crippen molar-refractivity contribution in [2.75, 3.05) is 26.2 Å². The molecule has 3 aromatic rings. The SMILES string of the molecule is O=C(c1ccc(-c2ccc(F)cc2)o1)N1CCN(S(=O)(=O)c2ccc([N+](=O)[O-])cc2)CC1. The maximum absolute atomic E-state index is 13.1. The zero-order valence-corrected chi connectivity index (χ0v) is 17.5. The van der Waals surface area contributed by atoms with E-state index in [4.69, 9.17) is 4.42 Å². The van der Waals surface area contributed by atoms with Gasteiger partial charge in [0.15, 0.2) is 5.76 Å². The largest absolute Gasteiger partial charge is 0.451 e. The minimum Gasteiger partial charge on any atom is -0.451 e. The average molecular weight is 459 g/mol. The third kappa shape index (κ3) is 4.25. The van der Waals surface area contributed by atoms with Crippen LogP contribution in [0.3, 0.4) is 0 Å². The van der Waals surface area contributed by atoms with E-state index in [1.54, 1.807) is 18.2 Å². The van der Waals surface area contributed by atoms with Gasteiger partial charge >= 0.3 is 0 Å². The standard InChI is InChI=1S/C21H18FN3O6S/c22-16-3-1-15(2-4-16)19-9-10-20(31-19)21(26)23-11-13-24(14-12-23)32(29,30)18-7-5-17(6-8-18)25(27)28/h1-10H,11-14H2. The van der Waals surface area contributed by atoms with Crippen LogP contribution in [0.15, 0.2) is 70.0 Å². The lowest BCUT2D eigenvalue weighted by molar-refractivity contribution is -0.384. The third-order valence-corrected chi connectivity index (χ3v) is 7.07. The first kappa shape index (κ1) is 21.7. The second-order valence-corrected chi connectivity index (χ2v) is 9.06. The summed E-state index contributed by atoms with van der Waals surface area (Å²) in [6.07, 6.45) is 0. The monoisotopic (exact) mass is 459 g/mol. The molecule has 1 aromatic heterocycles. The number of sulfonamides is 1. The summed E-state index contributed by atoms with van der Waals surface area (Å²) in [7, 11) is -3.84. The molecule has 0 N–H and O–H groups in total. The number of carbonyl (C=O) groups excluding carboxylic acids is 1. The summed E-state index contributed by atoms with van der Waals surface area (Å²) in [6, 6.07) is 13.5. The van der Waals surface area contributed by atoms with Crippen LogP contribution in [-0.4, -0.2) is 54.6 Å². The van der Waals surface area contributed by atoms with Gasteiger partial charge in [0, 0.05) is 43.9 Å². The van der Waals surface area contributed by atoms with Crippen molar-refractivity contribution >= 4 is 21.6 Å². The summed E-state index contributed by atoms with van der Waals surface area (Å²) in [5.74, 6) is -0.215. The molecule has 4 rings (SSSR count). The number of benzene rings is 2. The van der Waals surface area contributed by atoms with Crippen LogP contribution in [-0.2, 0) is 10.0 Å². The van der Waals surface area contributed by atoms with Crippen molar-refractivity contribution in [1.82, 2.24) is 9.21 Å². The van der Waals surface area contributed by atoms with Crippen molar-refractivity contribution in [3.05, 3.63) is 82.4 Å². The minimum absolute atomic E-state index is 0.0437. The first-order chi connectivity index (χ1) is 15.3. The lowest BCUT2D eigenvalue weighted by Crippen LogP contribution is -2.50. The molecule has 0 unspecified atom stereocenters. The fourth-order valence-electron chi connectivity index (χ4n) is 3.40. The average Bonchev–Trinajstić information content (AvgIpc) is 3.29. The first-order valence-electron chi connectivity index (χ1n) is 9.65. The van der Waals surface area contributed by atoms with E-state index in [0.717, 1.165) is 12.1 Å².